The second-order valence-corrected chi connectivity index (χ2v) is 10.1. The fraction of sp³-hybridized carbons (Fsp3) is 0.619. The summed E-state index contributed by atoms with van der Waals surface area (Å²) in [6.07, 6.45) is 3.00. The molecule has 10 heteroatoms. The van der Waals surface area contributed by atoms with Crippen LogP contribution < -0.4 is 5.32 Å². The Morgan fingerprint density at radius 3 is 2.65 bits per heavy atom. The average Bonchev–Trinajstić information content (AvgIpc) is 2.76. The molecule has 0 unspecified atom stereocenters. The Morgan fingerprint density at radius 1 is 1.23 bits per heavy atom. The molecule has 172 valence electrons. The smallest absolute Gasteiger partial charge is 0.341 e. The molecule has 1 aromatic rings. The number of esters is 1. The number of hydrogen-bond donors (Lipinski definition) is 1. The van der Waals surface area contributed by atoms with Gasteiger partial charge in [0.25, 0.3) is 5.91 Å². The molecule has 0 spiro atoms. The largest absolute Gasteiger partial charge is 0.452 e. The summed E-state index contributed by atoms with van der Waals surface area (Å²) in [4.78, 5) is 24.4. The molecular formula is C21H29FN2O6S. The van der Waals surface area contributed by atoms with Crippen LogP contribution in [0.25, 0.3) is 0 Å². The van der Waals surface area contributed by atoms with Gasteiger partial charge in [0.05, 0.1) is 23.7 Å². The lowest BCUT2D eigenvalue weighted by molar-refractivity contribution is -0.125. The Hall–Kier alpha value is -2.04. The maximum atomic E-state index is 14.2. The molecule has 8 nitrogen and oxygen atoms in total. The maximum absolute atomic E-state index is 14.2. The van der Waals surface area contributed by atoms with E-state index in [0.29, 0.717) is 11.8 Å². The number of nitrogens with one attached hydrogen (secondary N) is 1. The minimum Gasteiger partial charge on any atom is -0.452 e. The number of sulfonamides is 1. The number of rotatable bonds is 6. The maximum Gasteiger partial charge on any atom is 0.341 e. The zero-order valence-electron chi connectivity index (χ0n) is 17.8. The van der Waals surface area contributed by atoms with Crippen LogP contribution in [0.3, 0.4) is 0 Å². The number of ether oxygens (including phenoxy) is 2. The van der Waals surface area contributed by atoms with Crippen LogP contribution in [-0.2, 0) is 24.3 Å². The van der Waals surface area contributed by atoms with E-state index in [1.165, 1.54) is 4.31 Å². The summed E-state index contributed by atoms with van der Waals surface area (Å²) in [6.45, 7) is 4.55. The topological polar surface area (TPSA) is 102 Å². The lowest BCUT2D eigenvalue weighted by atomic mass is 9.78. The molecule has 0 bridgehead atoms. The first kappa shape index (κ1) is 23.6. The van der Waals surface area contributed by atoms with Crippen LogP contribution in [0.1, 0.15) is 43.5 Å². The molecule has 1 aliphatic carbocycles. The molecule has 1 amide bonds. The molecule has 1 saturated heterocycles. The summed E-state index contributed by atoms with van der Waals surface area (Å²) in [5.74, 6) is -1.66. The molecule has 31 heavy (non-hydrogen) atoms. The highest BCUT2D eigenvalue weighted by Crippen LogP contribution is 2.29. The van der Waals surface area contributed by atoms with E-state index < -0.39 is 39.9 Å². The van der Waals surface area contributed by atoms with Crippen molar-refractivity contribution in [3.8, 4) is 0 Å². The first-order valence-corrected chi connectivity index (χ1v) is 12.0. The van der Waals surface area contributed by atoms with Gasteiger partial charge in [-0.15, -0.1) is 0 Å². The Labute approximate surface area is 182 Å². The normalized spacial score (nSPS) is 25.1. The van der Waals surface area contributed by atoms with E-state index >= 15 is 0 Å². The summed E-state index contributed by atoms with van der Waals surface area (Å²) in [6, 6.07) is 2.98. The van der Waals surface area contributed by atoms with Crippen molar-refractivity contribution in [1.82, 2.24) is 9.62 Å². The van der Waals surface area contributed by atoms with Crippen molar-refractivity contribution in [3.63, 3.8) is 0 Å². The van der Waals surface area contributed by atoms with E-state index in [1.807, 2.05) is 0 Å². The van der Waals surface area contributed by atoms with Crippen LogP contribution in [0, 0.1) is 17.7 Å². The van der Waals surface area contributed by atoms with Gasteiger partial charge in [-0.25, -0.2) is 17.6 Å². The molecule has 2 aliphatic rings. The molecule has 2 fully saturated rings. The van der Waals surface area contributed by atoms with E-state index in [9.17, 15) is 22.4 Å². The third-order valence-corrected chi connectivity index (χ3v) is 8.05. The number of amides is 1. The predicted molar refractivity (Wildman–Crippen MR) is 110 cm³/mol. The van der Waals surface area contributed by atoms with Gasteiger partial charge >= 0.3 is 5.97 Å². The third kappa shape index (κ3) is 5.61. The summed E-state index contributed by atoms with van der Waals surface area (Å²) in [5.41, 5.74) is -0.526. The molecule has 1 aliphatic heterocycles. The zero-order chi connectivity index (χ0) is 22.6. The fourth-order valence-corrected chi connectivity index (χ4v) is 5.44. The summed E-state index contributed by atoms with van der Waals surface area (Å²) < 4.78 is 51.1. The number of carbonyl (C=O) groups is 2. The van der Waals surface area contributed by atoms with Crippen LogP contribution in [-0.4, -0.2) is 63.6 Å². The first-order chi connectivity index (χ1) is 14.7. The molecule has 3 atom stereocenters. The molecule has 3 rings (SSSR count). The summed E-state index contributed by atoms with van der Waals surface area (Å²) in [7, 11) is -3.90. The number of hydrogen-bond acceptors (Lipinski definition) is 6. The second kappa shape index (κ2) is 10.1. The fourth-order valence-electron chi connectivity index (χ4n) is 4.00. The van der Waals surface area contributed by atoms with E-state index in [1.54, 1.807) is 0 Å². The molecule has 0 aromatic heterocycles. The quantitative estimate of drug-likeness (QED) is 0.657. The van der Waals surface area contributed by atoms with Gasteiger partial charge in [-0.1, -0.05) is 26.7 Å². The average molecular weight is 457 g/mol. The van der Waals surface area contributed by atoms with E-state index in [2.05, 4.69) is 19.2 Å². The SMILES string of the molecule is C[C@@H]1[C@H](C)CCC[C@H]1NC(=O)COC(=O)c1cc(S(=O)(=O)N2CCOCC2)ccc1F. The monoisotopic (exact) mass is 456 g/mol. The highest BCUT2D eigenvalue weighted by atomic mass is 32.2. The number of morpholine rings is 1. The first-order valence-electron chi connectivity index (χ1n) is 10.5. The number of halogens is 1. The van der Waals surface area contributed by atoms with Crippen LogP contribution in [0.2, 0.25) is 0 Å². The molecule has 1 aromatic carbocycles. The Kier molecular flexibility index (Phi) is 7.66. The number of nitrogens with zero attached hydrogens (tertiary/aromatic N) is 1. The molecule has 0 radical (unpaired) electrons. The minimum absolute atomic E-state index is 0.00804. The summed E-state index contributed by atoms with van der Waals surface area (Å²) >= 11 is 0. The lowest BCUT2D eigenvalue weighted by Gasteiger charge is -2.34. The Bertz CT molecular complexity index is 916. The highest BCUT2D eigenvalue weighted by Gasteiger charge is 2.30. The molecule has 1 saturated carbocycles. The van der Waals surface area contributed by atoms with Crippen molar-refractivity contribution in [2.75, 3.05) is 32.9 Å². The van der Waals surface area contributed by atoms with Gasteiger partial charge in [0.1, 0.15) is 5.82 Å². The van der Waals surface area contributed by atoms with Crippen LogP contribution in [0.5, 0.6) is 0 Å². The second-order valence-electron chi connectivity index (χ2n) is 8.18. The lowest BCUT2D eigenvalue weighted by Crippen LogP contribution is -2.45. The van der Waals surface area contributed by atoms with Crippen LogP contribution >= 0.6 is 0 Å². The Morgan fingerprint density at radius 2 is 1.94 bits per heavy atom. The standard InChI is InChI=1S/C21H29FN2O6S/c1-14-4-3-5-19(15(14)2)23-20(25)13-30-21(26)17-12-16(6-7-18(17)22)31(27,28)24-8-10-29-11-9-24/h6-7,12,14-15,19H,3-5,8-11,13H2,1-2H3,(H,23,25)/t14-,15-,19-/m1/s1. The van der Waals surface area contributed by atoms with Crippen molar-refractivity contribution in [1.29, 1.82) is 0 Å². The van der Waals surface area contributed by atoms with Crippen LogP contribution in [0.15, 0.2) is 23.1 Å². The van der Waals surface area contributed by atoms with Crippen molar-refractivity contribution in [2.24, 2.45) is 11.8 Å². The highest BCUT2D eigenvalue weighted by molar-refractivity contribution is 7.89. The van der Waals surface area contributed by atoms with Crippen molar-refractivity contribution >= 4 is 21.9 Å². The van der Waals surface area contributed by atoms with Gasteiger partial charge in [-0.05, 0) is 36.5 Å². The predicted octanol–water partition coefficient (Wildman–Crippen LogP) is 1.94. The van der Waals surface area contributed by atoms with Gasteiger partial charge in [0, 0.05) is 19.1 Å². The van der Waals surface area contributed by atoms with Crippen molar-refractivity contribution < 1.29 is 31.9 Å². The van der Waals surface area contributed by atoms with Gasteiger partial charge < -0.3 is 14.8 Å². The third-order valence-electron chi connectivity index (χ3n) is 6.15. The number of benzene rings is 1. The van der Waals surface area contributed by atoms with Crippen LogP contribution in [0.4, 0.5) is 4.39 Å². The van der Waals surface area contributed by atoms with Crippen molar-refractivity contribution in [2.45, 2.75) is 44.0 Å². The van der Waals surface area contributed by atoms with Crippen molar-refractivity contribution in [3.05, 3.63) is 29.6 Å². The zero-order valence-corrected chi connectivity index (χ0v) is 18.6. The molecule has 1 N–H and O–H groups in total. The van der Waals surface area contributed by atoms with Gasteiger partial charge in [-0.3, -0.25) is 4.79 Å². The van der Waals surface area contributed by atoms with Gasteiger partial charge in [-0.2, -0.15) is 4.31 Å². The Balaban J connectivity index is 1.63. The summed E-state index contributed by atoms with van der Waals surface area (Å²) in [5, 5.41) is 2.87. The van der Waals surface area contributed by atoms with E-state index in [4.69, 9.17) is 9.47 Å². The molecular weight excluding hydrogens is 427 g/mol. The molecule has 1 heterocycles. The van der Waals surface area contributed by atoms with E-state index in [-0.39, 0.29) is 37.2 Å². The van der Waals surface area contributed by atoms with E-state index in [0.717, 1.165) is 37.5 Å². The minimum atomic E-state index is -3.90. The van der Waals surface area contributed by atoms with Gasteiger partial charge in [0.2, 0.25) is 10.0 Å². The van der Waals surface area contributed by atoms with Gasteiger partial charge in [0.15, 0.2) is 6.61 Å². The number of carbonyl (C=O) groups excluding carboxylic acids is 2.